The maximum Gasteiger partial charge on any atom is 0.0725 e. The number of fused-ring (bicyclic) bond motifs is 1. The Morgan fingerprint density at radius 3 is 2.69 bits per heavy atom. The van der Waals surface area contributed by atoms with Crippen molar-refractivity contribution < 1.29 is 4.74 Å². The van der Waals surface area contributed by atoms with Crippen LogP contribution in [0.2, 0.25) is 0 Å². The number of hydrogen-bond donors (Lipinski definition) is 0. The first kappa shape index (κ1) is 10.3. The molecule has 0 aromatic heterocycles. The molecule has 2 heterocycles. The molecule has 0 amide bonds. The van der Waals surface area contributed by atoms with E-state index in [4.69, 9.17) is 4.74 Å². The highest BCUT2D eigenvalue weighted by molar-refractivity contribution is 5.34. The molecule has 86 valence electrons. The Hall–Kier alpha value is -0.860. The molecule has 0 bridgehead atoms. The zero-order valence-electron chi connectivity index (χ0n) is 9.91. The van der Waals surface area contributed by atoms with Gasteiger partial charge < -0.3 is 4.74 Å². The fourth-order valence-electron chi connectivity index (χ4n) is 2.79. The Balaban J connectivity index is 1.83. The van der Waals surface area contributed by atoms with Crippen molar-refractivity contribution in [3.8, 4) is 0 Å². The smallest absolute Gasteiger partial charge is 0.0725 e. The van der Waals surface area contributed by atoms with Crippen LogP contribution in [-0.4, -0.2) is 18.0 Å². The Bertz CT molecular complexity index is 382. The molecule has 1 aromatic carbocycles. The van der Waals surface area contributed by atoms with Crippen LogP contribution in [0.5, 0.6) is 0 Å². The number of likely N-dealkylation sites (tertiary alicyclic amines) is 1. The lowest BCUT2D eigenvalue weighted by atomic mass is 10.0. The predicted octanol–water partition coefficient (Wildman–Crippen LogP) is 2.87. The number of benzene rings is 1. The van der Waals surface area contributed by atoms with Crippen molar-refractivity contribution in [1.82, 2.24) is 4.90 Å². The summed E-state index contributed by atoms with van der Waals surface area (Å²) in [5, 5.41) is 0. The predicted molar refractivity (Wildman–Crippen MR) is 64.2 cm³/mol. The van der Waals surface area contributed by atoms with Gasteiger partial charge in [-0.2, -0.15) is 0 Å². The van der Waals surface area contributed by atoms with E-state index in [1.807, 2.05) is 0 Å². The molecule has 1 fully saturated rings. The van der Waals surface area contributed by atoms with Crippen molar-refractivity contribution in [3.63, 3.8) is 0 Å². The van der Waals surface area contributed by atoms with Gasteiger partial charge in [0.2, 0.25) is 0 Å². The van der Waals surface area contributed by atoms with Crippen LogP contribution in [0.15, 0.2) is 18.2 Å². The lowest BCUT2D eigenvalue weighted by Crippen LogP contribution is -2.23. The molecular weight excluding hydrogens is 198 g/mol. The fourth-order valence-corrected chi connectivity index (χ4v) is 2.79. The first-order valence-electron chi connectivity index (χ1n) is 6.28. The van der Waals surface area contributed by atoms with E-state index in [1.165, 1.54) is 42.6 Å². The summed E-state index contributed by atoms with van der Waals surface area (Å²) in [6, 6.07) is 7.42. The van der Waals surface area contributed by atoms with Gasteiger partial charge in [0.25, 0.3) is 0 Å². The van der Waals surface area contributed by atoms with Crippen LogP contribution in [0.3, 0.4) is 0 Å². The summed E-state index contributed by atoms with van der Waals surface area (Å²) in [5.41, 5.74) is 4.21. The standard InChI is InChI=1S/C14H19NO/c1-11(15-6-2-3-7-15)12-4-5-13-9-16-10-14(13)8-12/h4-5,8,11H,2-3,6-7,9-10H2,1H3. The molecule has 1 atom stereocenters. The van der Waals surface area contributed by atoms with Crippen LogP contribution in [0.25, 0.3) is 0 Å². The quantitative estimate of drug-likeness (QED) is 0.755. The van der Waals surface area contributed by atoms with E-state index in [2.05, 4.69) is 30.0 Å². The molecule has 2 nitrogen and oxygen atoms in total. The van der Waals surface area contributed by atoms with Gasteiger partial charge in [0, 0.05) is 6.04 Å². The number of ether oxygens (including phenoxy) is 1. The van der Waals surface area contributed by atoms with Crippen molar-refractivity contribution in [3.05, 3.63) is 34.9 Å². The molecule has 1 saturated heterocycles. The highest BCUT2D eigenvalue weighted by Gasteiger charge is 2.20. The molecule has 0 N–H and O–H groups in total. The second-order valence-electron chi connectivity index (χ2n) is 4.94. The first-order valence-corrected chi connectivity index (χ1v) is 6.28. The van der Waals surface area contributed by atoms with E-state index in [0.29, 0.717) is 6.04 Å². The summed E-state index contributed by atoms with van der Waals surface area (Å²) in [5.74, 6) is 0. The van der Waals surface area contributed by atoms with Gasteiger partial charge >= 0.3 is 0 Å². The molecule has 3 rings (SSSR count). The zero-order valence-corrected chi connectivity index (χ0v) is 9.91. The normalized spacial score (nSPS) is 22.3. The summed E-state index contributed by atoms with van der Waals surface area (Å²) >= 11 is 0. The molecule has 1 unspecified atom stereocenters. The highest BCUT2D eigenvalue weighted by atomic mass is 16.5. The van der Waals surface area contributed by atoms with Crippen molar-refractivity contribution >= 4 is 0 Å². The maximum absolute atomic E-state index is 5.46. The minimum absolute atomic E-state index is 0.563. The lowest BCUT2D eigenvalue weighted by molar-refractivity contribution is 0.134. The van der Waals surface area contributed by atoms with Crippen LogP contribution in [0.4, 0.5) is 0 Å². The lowest BCUT2D eigenvalue weighted by Gasteiger charge is -2.24. The molecule has 2 aliphatic rings. The van der Waals surface area contributed by atoms with E-state index < -0.39 is 0 Å². The Labute approximate surface area is 97.2 Å². The second-order valence-corrected chi connectivity index (χ2v) is 4.94. The number of rotatable bonds is 2. The van der Waals surface area contributed by atoms with E-state index in [-0.39, 0.29) is 0 Å². The number of nitrogens with zero attached hydrogens (tertiary/aromatic N) is 1. The van der Waals surface area contributed by atoms with Gasteiger partial charge in [0.05, 0.1) is 13.2 Å². The third-order valence-corrected chi connectivity index (χ3v) is 3.92. The summed E-state index contributed by atoms with van der Waals surface area (Å²) in [6.07, 6.45) is 2.72. The third-order valence-electron chi connectivity index (χ3n) is 3.92. The van der Waals surface area contributed by atoms with Gasteiger partial charge in [0.1, 0.15) is 0 Å². The second kappa shape index (κ2) is 4.19. The molecule has 0 saturated carbocycles. The maximum atomic E-state index is 5.46. The van der Waals surface area contributed by atoms with Gasteiger partial charge in [-0.3, -0.25) is 4.90 Å². The summed E-state index contributed by atoms with van der Waals surface area (Å²) in [7, 11) is 0. The Kier molecular flexibility index (Phi) is 2.70. The fraction of sp³-hybridized carbons (Fsp3) is 0.571. The van der Waals surface area contributed by atoms with E-state index in [1.54, 1.807) is 0 Å². The molecular formula is C14H19NO. The van der Waals surface area contributed by atoms with E-state index in [9.17, 15) is 0 Å². The topological polar surface area (TPSA) is 12.5 Å². The van der Waals surface area contributed by atoms with Gasteiger partial charge in [0.15, 0.2) is 0 Å². The summed E-state index contributed by atoms with van der Waals surface area (Å²) < 4.78 is 5.46. The van der Waals surface area contributed by atoms with Crippen molar-refractivity contribution in [2.24, 2.45) is 0 Å². The molecule has 0 aliphatic carbocycles. The average molecular weight is 217 g/mol. The molecule has 16 heavy (non-hydrogen) atoms. The first-order chi connectivity index (χ1) is 7.84. The van der Waals surface area contributed by atoms with Crippen molar-refractivity contribution in [1.29, 1.82) is 0 Å². The zero-order chi connectivity index (χ0) is 11.0. The van der Waals surface area contributed by atoms with Gasteiger partial charge in [-0.05, 0) is 49.5 Å². The SMILES string of the molecule is CC(c1ccc2c(c1)COC2)N1CCCC1. The third kappa shape index (κ3) is 1.76. The molecule has 2 aliphatic heterocycles. The monoisotopic (exact) mass is 217 g/mol. The molecule has 2 heteroatoms. The average Bonchev–Trinajstić information content (AvgIpc) is 2.98. The minimum atomic E-state index is 0.563. The largest absolute Gasteiger partial charge is 0.372 e. The number of hydrogen-bond acceptors (Lipinski definition) is 2. The van der Waals surface area contributed by atoms with Crippen LogP contribution in [0.1, 0.15) is 42.5 Å². The van der Waals surface area contributed by atoms with Gasteiger partial charge in [-0.1, -0.05) is 18.2 Å². The van der Waals surface area contributed by atoms with Crippen LogP contribution < -0.4 is 0 Å². The Morgan fingerprint density at radius 1 is 1.12 bits per heavy atom. The Morgan fingerprint density at radius 2 is 1.88 bits per heavy atom. The molecule has 0 spiro atoms. The van der Waals surface area contributed by atoms with Crippen LogP contribution in [0, 0.1) is 0 Å². The van der Waals surface area contributed by atoms with Gasteiger partial charge in [-0.25, -0.2) is 0 Å². The van der Waals surface area contributed by atoms with Crippen LogP contribution >= 0.6 is 0 Å². The summed E-state index contributed by atoms with van der Waals surface area (Å²) in [6.45, 7) is 6.44. The molecule has 0 radical (unpaired) electrons. The highest BCUT2D eigenvalue weighted by Crippen LogP contribution is 2.28. The van der Waals surface area contributed by atoms with Crippen LogP contribution in [-0.2, 0) is 18.0 Å². The van der Waals surface area contributed by atoms with E-state index in [0.717, 1.165) is 13.2 Å². The van der Waals surface area contributed by atoms with E-state index >= 15 is 0 Å². The van der Waals surface area contributed by atoms with Crippen molar-refractivity contribution in [2.45, 2.75) is 39.0 Å². The van der Waals surface area contributed by atoms with Gasteiger partial charge in [-0.15, -0.1) is 0 Å². The molecule has 1 aromatic rings. The summed E-state index contributed by atoms with van der Waals surface area (Å²) in [4.78, 5) is 2.58. The van der Waals surface area contributed by atoms with Crippen molar-refractivity contribution in [2.75, 3.05) is 13.1 Å². The minimum Gasteiger partial charge on any atom is -0.372 e.